The van der Waals surface area contributed by atoms with Crippen molar-refractivity contribution in [2.75, 3.05) is 41.3 Å². The third-order valence-corrected chi connectivity index (χ3v) is 1.22. The van der Waals surface area contributed by atoms with Crippen molar-refractivity contribution >= 4 is 0 Å². The quantitative estimate of drug-likeness (QED) is 0.214. The van der Waals surface area contributed by atoms with Crippen molar-refractivity contribution in [3.8, 4) is 0 Å². The molecule has 0 fully saturated rings. The van der Waals surface area contributed by atoms with E-state index in [4.69, 9.17) is 23.5 Å². The minimum Gasteiger partial charge on any atom is -0.394 e. The van der Waals surface area contributed by atoms with Crippen LogP contribution in [0.25, 0.3) is 0 Å². The Morgan fingerprint density at radius 1 is 1.10 bits per heavy atom. The van der Waals surface area contributed by atoms with Gasteiger partial charge in [0.1, 0.15) is 0 Å². The van der Waals surface area contributed by atoms with Gasteiger partial charge in [-0.05, 0) is 28.2 Å². The van der Waals surface area contributed by atoms with Crippen molar-refractivity contribution in [3.63, 3.8) is 0 Å². The SMILES string of the molecule is CN(C)CCN(C)C.[CH2-]C(C)ON=O.[O-][Cl+3]([O-])([O-])[O-].[Pt]. The molecule has 0 aromatic carbocycles. The van der Waals surface area contributed by atoms with E-state index >= 15 is 0 Å². The Kier molecular flexibility index (Phi) is 24.3. The van der Waals surface area contributed by atoms with Crippen LogP contribution in [-0.2, 0) is 25.9 Å². The maximum atomic E-state index is 9.10. The van der Waals surface area contributed by atoms with Crippen LogP contribution in [0.4, 0.5) is 0 Å². The molecule has 0 spiro atoms. The molecule has 1 unspecified atom stereocenters. The fourth-order valence-electron chi connectivity index (χ4n) is 0.473. The zero-order chi connectivity index (χ0) is 16.1. The van der Waals surface area contributed by atoms with Crippen LogP contribution in [0, 0.1) is 22.1 Å². The Morgan fingerprint density at radius 3 is 1.40 bits per heavy atom. The Labute approximate surface area is 136 Å². The molecule has 128 valence electrons. The van der Waals surface area contributed by atoms with E-state index in [1.54, 1.807) is 6.92 Å². The summed E-state index contributed by atoms with van der Waals surface area (Å²) in [5.41, 5.74) is 0. The predicted octanol–water partition coefficient (Wildman–Crippen LogP) is -3.74. The molecule has 0 bridgehead atoms. The summed E-state index contributed by atoms with van der Waals surface area (Å²) in [5, 5.41) is 2.12. The molecule has 0 radical (unpaired) electrons. The van der Waals surface area contributed by atoms with Crippen molar-refractivity contribution < 1.29 is 54.8 Å². The summed E-state index contributed by atoms with van der Waals surface area (Å²) in [6, 6.07) is 0. The summed E-state index contributed by atoms with van der Waals surface area (Å²) >= 11 is 0. The van der Waals surface area contributed by atoms with Crippen LogP contribution in [-0.4, -0.2) is 57.2 Å². The van der Waals surface area contributed by atoms with Gasteiger partial charge in [-0.1, -0.05) is 6.92 Å². The molecule has 11 heteroatoms. The first-order valence-electron chi connectivity index (χ1n) is 5.12. The molecule has 0 aliphatic rings. The second-order valence-corrected chi connectivity index (χ2v) is 4.73. The molecule has 20 heavy (non-hydrogen) atoms. The van der Waals surface area contributed by atoms with E-state index in [0.717, 1.165) is 13.1 Å². The summed E-state index contributed by atoms with van der Waals surface area (Å²) in [4.78, 5) is 17.5. The van der Waals surface area contributed by atoms with Crippen molar-refractivity contribution in [3.05, 3.63) is 11.8 Å². The van der Waals surface area contributed by atoms with E-state index in [9.17, 15) is 0 Å². The minimum absolute atomic E-state index is 0. The maximum Gasteiger partial charge on any atom is 0.152 e. The summed E-state index contributed by atoms with van der Waals surface area (Å²) in [5.74, 6) is 0. The van der Waals surface area contributed by atoms with Crippen LogP contribution in [0.2, 0.25) is 0 Å². The van der Waals surface area contributed by atoms with Crippen LogP contribution >= 0.6 is 0 Å². The van der Waals surface area contributed by atoms with E-state index in [2.05, 4.69) is 55.1 Å². The van der Waals surface area contributed by atoms with Gasteiger partial charge in [0.2, 0.25) is 0 Å². The summed E-state index contributed by atoms with van der Waals surface area (Å²) < 4.78 is 34.0. The van der Waals surface area contributed by atoms with Crippen molar-refractivity contribution in [2.45, 2.75) is 13.0 Å². The molecule has 1 atom stereocenters. The summed E-state index contributed by atoms with van der Waals surface area (Å²) in [6.45, 7) is 7.23. The van der Waals surface area contributed by atoms with Crippen LogP contribution in [0.5, 0.6) is 0 Å². The van der Waals surface area contributed by atoms with Gasteiger partial charge in [0.15, 0.2) is 5.34 Å². The summed E-state index contributed by atoms with van der Waals surface area (Å²) in [6.07, 6.45) is -0.331. The van der Waals surface area contributed by atoms with E-state index in [1.807, 2.05) is 0 Å². The number of nitrogens with zero attached hydrogens (tertiary/aromatic N) is 3. The van der Waals surface area contributed by atoms with Gasteiger partial charge in [-0.3, -0.25) is 0 Å². The molecule has 9 nitrogen and oxygen atoms in total. The Morgan fingerprint density at radius 2 is 1.35 bits per heavy atom. The molecule has 0 rings (SSSR count). The number of halogens is 1. The summed E-state index contributed by atoms with van der Waals surface area (Å²) in [7, 11) is 3.40. The molecule has 0 aliphatic heterocycles. The van der Waals surface area contributed by atoms with Crippen molar-refractivity contribution in [1.29, 1.82) is 0 Å². The Bertz CT molecular complexity index is 191. The van der Waals surface area contributed by atoms with E-state index in [1.165, 1.54) is 0 Å². The van der Waals surface area contributed by atoms with Crippen LogP contribution in [0.15, 0.2) is 5.34 Å². The van der Waals surface area contributed by atoms with E-state index in [-0.39, 0.29) is 27.2 Å². The Hall–Kier alpha value is 0.138. The molecule has 0 saturated carbocycles. The van der Waals surface area contributed by atoms with E-state index < -0.39 is 10.2 Å². The number of hydrogen-bond acceptors (Lipinski definition) is 9. The first-order valence-corrected chi connectivity index (χ1v) is 6.36. The average molecular weight is 499 g/mol. The standard InChI is InChI=1S/C6H16N2.C3H6NO2.ClHO4.Pt/c1-7(2)5-6-8(3)4;1-3(2)6-4-5;2-1(3,4)5;/h5-6H2,1-4H3;3H,1H2,2H3;(H,2,3,4,5);/q;-1;;/p-1. The first kappa shape index (κ1) is 28.3. The second-order valence-electron chi connectivity index (χ2n) is 3.98. The molecule has 0 saturated heterocycles. The third kappa shape index (κ3) is 80.4. The maximum absolute atomic E-state index is 9.10. The third-order valence-electron chi connectivity index (χ3n) is 1.22. The zero-order valence-electron chi connectivity index (χ0n) is 12.2. The molecule has 0 heterocycles. The predicted molar refractivity (Wildman–Crippen MR) is 58.8 cm³/mol. The van der Waals surface area contributed by atoms with Gasteiger partial charge in [0.05, 0.1) is 0 Å². The zero-order valence-corrected chi connectivity index (χ0v) is 15.2. The number of rotatable bonds is 5. The minimum atomic E-state index is -4.94. The van der Waals surface area contributed by atoms with Gasteiger partial charge in [0, 0.05) is 40.3 Å². The van der Waals surface area contributed by atoms with Crippen molar-refractivity contribution in [1.82, 2.24) is 9.80 Å². The van der Waals surface area contributed by atoms with Crippen LogP contribution in [0.3, 0.4) is 0 Å². The van der Waals surface area contributed by atoms with Gasteiger partial charge >= 0.3 is 0 Å². The molecule has 0 aromatic heterocycles. The Balaban J connectivity index is -0.0000000966. The van der Waals surface area contributed by atoms with Gasteiger partial charge in [-0.2, -0.15) is 0 Å². The number of likely N-dealkylation sites (N-methyl/N-ethyl adjacent to an activating group) is 2. The van der Waals surface area contributed by atoms with Crippen LogP contribution < -0.4 is 18.6 Å². The van der Waals surface area contributed by atoms with Crippen LogP contribution in [0.1, 0.15) is 6.92 Å². The fourth-order valence-corrected chi connectivity index (χ4v) is 0.473. The molecular formula is C9H22ClN3O6Pt-2. The molecule has 0 N–H and O–H groups in total. The second kappa shape index (κ2) is 17.2. The fraction of sp³-hybridized carbons (Fsp3) is 0.889. The number of hydrogen-bond donors (Lipinski definition) is 0. The van der Waals surface area contributed by atoms with Gasteiger partial charge < -0.3 is 21.6 Å². The molecule has 0 amide bonds. The largest absolute Gasteiger partial charge is 0.394 e. The van der Waals surface area contributed by atoms with Gasteiger partial charge in [-0.25, -0.2) is 18.6 Å². The smallest absolute Gasteiger partial charge is 0.152 e. The van der Waals surface area contributed by atoms with Gasteiger partial charge in [0.25, 0.3) is 0 Å². The average Bonchev–Trinajstić information content (AvgIpc) is 2.12. The molecule has 0 aliphatic carbocycles. The van der Waals surface area contributed by atoms with Crippen molar-refractivity contribution in [2.24, 2.45) is 5.34 Å². The molecular weight excluding hydrogens is 477 g/mol. The first-order chi connectivity index (χ1) is 8.40. The topological polar surface area (TPSA) is 137 Å². The van der Waals surface area contributed by atoms with E-state index in [0.29, 0.717) is 0 Å². The molecule has 0 aromatic rings. The van der Waals surface area contributed by atoms with Gasteiger partial charge in [-0.15, -0.1) is 15.2 Å². The normalized spacial score (nSPS) is 11.4. The monoisotopic (exact) mass is 498 g/mol.